The van der Waals surface area contributed by atoms with E-state index >= 15 is 0 Å². The molecule has 0 radical (unpaired) electrons. The first-order valence-electron chi connectivity index (χ1n) is 5.56. The quantitative estimate of drug-likeness (QED) is 0.653. The Hall–Kier alpha value is -1.46. The van der Waals surface area contributed by atoms with Crippen LogP contribution in [0.15, 0.2) is 51.8 Å². The number of hydrogen-bond donors (Lipinski definition) is 2. The molecule has 0 aliphatic carbocycles. The Bertz CT molecular complexity index is 616. The molecule has 0 aromatic heterocycles. The summed E-state index contributed by atoms with van der Waals surface area (Å²) in [7, 11) is 0. The van der Waals surface area contributed by atoms with Gasteiger partial charge in [-0.2, -0.15) is 0 Å². The van der Waals surface area contributed by atoms with E-state index in [0.29, 0.717) is 11.3 Å². The predicted molar refractivity (Wildman–Crippen MR) is 81.5 cm³/mol. The van der Waals surface area contributed by atoms with Crippen molar-refractivity contribution in [3.05, 3.63) is 58.1 Å². The first kappa shape index (κ1) is 14.0. The molecule has 5 heteroatoms. The van der Waals surface area contributed by atoms with E-state index in [4.69, 9.17) is 10.8 Å². The first-order chi connectivity index (χ1) is 9.06. The van der Waals surface area contributed by atoms with Crippen LogP contribution in [0, 0.1) is 0 Å². The van der Waals surface area contributed by atoms with Gasteiger partial charge in [0, 0.05) is 20.8 Å². The van der Waals surface area contributed by atoms with Crippen LogP contribution in [0.2, 0.25) is 0 Å². The third kappa shape index (κ3) is 3.75. The van der Waals surface area contributed by atoms with E-state index in [1.54, 1.807) is 30.0 Å². The molecule has 0 aliphatic rings. The highest BCUT2D eigenvalue weighted by Crippen LogP contribution is 2.30. The summed E-state index contributed by atoms with van der Waals surface area (Å²) in [6, 6.07) is 12.6. The molecule has 2 aromatic rings. The van der Waals surface area contributed by atoms with E-state index in [1.807, 2.05) is 24.3 Å². The van der Waals surface area contributed by atoms with Crippen molar-refractivity contribution in [2.75, 3.05) is 5.73 Å². The summed E-state index contributed by atoms with van der Waals surface area (Å²) in [5.41, 5.74) is 7.89. The van der Waals surface area contributed by atoms with E-state index in [9.17, 15) is 4.79 Å². The largest absolute Gasteiger partial charge is 0.478 e. The molecule has 2 aromatic carbocycles. The topological polar surface area (TPSA) is 63.3 Å². The Morgan fingerprint density at radius 3 is 2.79 bits per heavy atom. The molecule has 3 N–H and O–H groups in total. The fourth-order valence-corrected chi connectivity index (χ4v) is 3.05. The molecule has 0 saturated heterocycles. The third-order valence-electron chi connectivity index (χ3n) is 2.54. The monoisotopic (exact) mass is 337 g/mol. The van der Waals surface area contributed by atoms with Gasteiger partial charge in [0.15, 0.2) is 0 Å². The number of carboxylic acids is 1. The summed E-state index contributed by atoms with van der Waals surface area (Å²) in [5.74, 6) is -0.226. The number of carboxylic acid groups (broad SMARTS) is 1. The molecule has 19 heavy (non-hydrogen) atoms. The van der Waals surface area contributed by atoms with Crippen LogP contribution in [0.25, 0.3) is 0 Å². The van der Waals surface area contributed by atoms with E-state index in [1.165, 1.54) is 0 Å². The van der Waals surface area contributed by atoms with Gasteiger partial charge < -0.3 is 10.8 Å². The summed E-state index contributed by atoms with van der Waals surface area (Å²) in [6.45, 7) is 0. The van der Waals surface area contributed by atoms with E-state index in [-0.39, 0.29) is 0 Å². The number of nitrogens with two attached hydrogens (primary N) is 1. The molecule has 0 spiro atoms. The second-order valence-electron chi connectivity index (χ2n) is 3.98. The molecular formula is C14H12BrNO2S. The molecule has 0 unspecified atom stereocenters. The Balaban J connectivity index is 2.12. The number of aromatic carboxylic acids is 1. The van der Waals surface area contributed by atoms with Gasteiger partial charge in [-0.3, -0.25) is 0 Å². The summed E-state index contributed by atoms with van der Waals surface area (Å²) < 4.78 is 0.975. The lowest BCUT2D eigenvalue weighted by Crippen LogP contribution is -1.96. The number of thioether (sulfide) groups is 1. The van der Waals surface area contributed by atoms with Crippen molar-refractivity contribution >= 4 is 39.3 Å². The maximum absolute atomic E-state index is 10.9. The molecule has 0 atom stereocenters. The van der Waals surface area contributed by atoms with Crippen molar-refractivity contribution in [3.63, 3.8) is 0 Å². The molecule has 0 aliphatic heterocycles. The van der Waals surface area contributed by atoms with Crippen molar-refractivity contribution in [3.8, 4) is 0 Å². The van der Waals surface area contributed by atoms with Crippen LogP contribution in [0.5, 0.6) is 0 Å². The van der Waals surface area contributed by atoms with Crippen LogP contribution >= 0.6 is 27.7 Å². The van der Waals surface area contributed by atoms with Gasteiger partial charge in [0.05, 0.1) is 5.56 Å². The maximum Gasteiger partial charge on any atom is 0.335 e. The molecule has 0 heterocycles. The minimum atomic E-state index is -0.909. The van der Waals surface area contributed by atoms with Crippen molar-refractivity contribution in [2.24, 2.45) is 0 Å². The van der Waals surface area contributed by atoms with Gasteiger partial charge in [-0.15, -0.1) is 11.8 Å². The summed E-state index contributed by atoms with van der Waals surface area (Å²) in [4.78, 5) is 11.9. The van der Waals surface area contributed by atoms with E-state index in [2.05, 4.69) is 15.9 Å². The highest BCUT2D eigenvalue weighted by Gasteiger charge is 2.05. The number of carbonyl (C=O) groups is 1. The van der Waals surface area contributed by atoms with Gasteiger partial charge in [0.1, 0.15) is 0 Å². The number of anilines is 1. The number of benzene rings is 2. The van der Waals surface area contributed by atoms with E-state index in [0.717, 1.165) is 20.6 Å². The number of hydrogen-bond acceptors (Lipinski definition) is 3. The zero-order valence-corrected chi connectivity index (χ0v) is 12.4. The molecule has 0 amide bonds. The van der Waals surface area contributed by atoms with Crippen molar-refractivity contribution in [2.45, 2.75) is 10.6 Å². The second kappa shape index (κ2) is 6.12. The van der Waals surface area contributed by atoms with Gasteiger partial charge in [-0.05, 0) is 35.9 Å². The zero-order valence-electron chi connectivity index (χ0n) is 9.97. The van der Waals surface area contributed by atoms with Crippen molar-refractivity contribution in [1.29, 1.82) is 0 Å². The molecule has 98 valence electrons. The van der Waals surface area contributed by atoms with Crippen LogP contribution in [0.3, 0.4) is 0 Å². The van der Waals surface area contributed by atoms with Gasteiger partial charge in [-0.1, -0.05) is 28.1 Å². The average molecular weight is 338 g/mol. The fourth-order valence-electron chi connectivity index (χ4n) is 1.59. The minimum Gasteiger partial charge on any atom is -0.478 e. The highest BCUT2D eigenvalue weighted by molar-refractivity contribution is 9.10. The number of rotatable bonds is 4. The van der Waals surface area contributed by atoms with Crippen molar-refractivity contribution in [1.82, 2.24) is 0 Å². The van der Waals surface area contributed by atoms with Crippen LogP contribution < -0.4 is 5.73 Å². The van der Waals surface area contributed by atoms with Gasteiger partial charge >= 0.3 is 5.97 Å². The fraction of sp³-hybridized carbons (Fsp3) is 0.0714. The smallest absolute Gasteiger partial charge is 0.335 e. The maximum atomic E-state index is 10.9. The predicted octanol–water partition coefficient (Wildman–Crippen LogP) is 4.02. The summed E-state index contributed by atoms with van der Waals surface area (Å²) >= 11 is 4.99. The lowest BCUT2D eigenvalue weighted by molar-refractivity contribution is 0.0697. The Morgan fingerprint density at radius 2 is 2.05 bits per heavy atom. The lowest BCUT2D eigenvalue weighted by atomic mass is 10.1. The molecule has 0 saturated carbocycles. The molecule has 0 bridgehead atoms. The highest BCUT2D eigenvalue weighted by atomic mass is 79.9. The third-order valence-corrected chi connectivity index (χ3v) is 4.18. The summed E-state index contributed by atoms with van der Waals surface area (Å²) in [6.07, 6.45) is 0. The zero-order chi connectivity index (χ0) is 13.8. The van der Waals surface area contributed by atoms with Gasteiger partial charge in [0.25, 0.3) is 0 Å². The Labute approximate surface area is 124 Å². The van der Waals surface area contributed by atoms with Crippen LogP contribution in [0.4, 0.5) is 5.69 Å². The van der Waals surface area contributed by atoms with Crippen LogP contribution in [0.1, 0.15) is 15.9 Å². The van der Waals surface area contributed by atoms with Crippen LogP contribution in [-0.2, 0) is 5.75 Å². The van der Waals surface area contributed by atoms with Crippen molar-refractivity contribution < 1.29 is 9.90 Å². The Morgan fingerprint density at radius 1 is 1.26 bits per heavy atom. The lowest BCUT2D eigenvalue weighted by Gasteiger charge is -2.06. The molecule has 2 rings (SSSR count). The normalized spacial score (nSPS) is 10.4. The second-order valence-corrected chi connectivity index (χ2v) is 5.91. The average Bonchev–Trinajstić information content (AvgIpc) is 2.40. The molecule has 3 nitrogen and oxygen atoms in total. The Kier molecular flexibility index (Phi) is 4.50. The first-order valence-corrected chi connectivity index (χ1v) is 7.34. The van der Waals surface area contributed by atoms with Gasteiger partial charge in [-0.25, -0.2) is 4.79 Å². The SMILES string of the molecule is Nc1ccc(Br)cc1SCc1cccc(C(=O)O)c1. The standard InChI is InChI=1S/C14H12BrNO2S/c15-11-4-5-12(16)13(7-11)19-8-9-2-1-3-10(6-9)14(17)18/h1-7H,8,16H2,(H,17,18). The van der Waals surface area contributed by atoms with Crippen LogP contribution in [-0.4, -0.2) is 11.1 Å². The summed E-state index contributed by atoms with van der Waals surface area (Å²) in [5, 5.41) is 8.94. The minimum absolute atomic E-state index is 0.306. The number of halogens is 1. The number of nitrogen functional groups attached to an aromatic ring is 1. The molecular weight excluding hydrogens is 326 g/mol. The molecule has 0 fully saturated rings. The van der Waals surface area contributed by atoms with Gasteiger partial charge in [0.2, 0.25) is 0 Å². The van der Waals surface area contributed by atoms with E-state index < -0.39 is 5.97 Å².